The number of amides is 1. The maximum absolute atomic E-state index is 12.8. The highest BCUT2D eigenvalue weighted by molar-refractivity contribution is 5.78. The van der Waals surface area contributed by atoms with E-state index in [-0.39, 0.29) is 23.7 Å². The van der Waals surface area contributed by atoms with Crippen LogP contribution in [-0.2, 0) is 9.53 Å². The molecule has 0 saturated carbocycles. The Morgan fingerprint density at radius 2 is 2.15 bits per heavy atom. The molecule has 1 amide bonds. The van der Waals surface area contributed by atoms with E-state index in [1.165, 1.54) is 12.1 Å². The van der Waals surface area contributed by atoms with Gasteiger partial charge in [0.1, 0.15) is 24.3 Å². The van der Waals surface area contributed by atoms with Crippen LogP contribution in [0.5, 0.6) is 5.75 Å². The second-order valence-electron chi connectivity index (χ2n) is 5.20. The minimum atomic E-state index is -0.292. The largest absolute Gasteiger partial charge is 0.491 e. The second-order valence-corrected chi connectivity index (χ2v) is 5.20. The molecule has 110 valence electrons. The summed E-state index contributed by atoms with van der Waals surface area (Å²) < 4.78 is 23.9. The van der Waals surface area contributed by atoms with Gasteiger partial charge in [0.05, 0.1) is 13.2 Å². The first-order valence-corrected chi connectivity index (χ1v) is 6.85. The second kappa shape index (κ2) is 6.70. The molecule has 0 unspecified atom stereocenters. The van der Waals surface area contributed by atoms with Crippen molar-refractivity contribution in [3.05, 3.63) is 30.1 Å². The molecular formula is C15H20FNO3. The number of ether oxygens (including phenoxy) is 2. The number of hydrogen-bond donors (Lipinski definition) is 0. The molecule has 2 rings (SSSR count). The van der Waals surface area contributed by atoms with E-state index in [4.69, 9.17) is 9.47 Å². The van der Waals surface area contributed by atoms with Gasteiger partial charge in [0, 0.05) is 12.5 Å². The van der Waals surface area contributed by atoms with Crippen LogP contribution in [0.4, 0.5) is 4.39 Å². The van der Waals surface area contributed by atoms with Crippen LogP contribution in [0.15, 0.2) is 24.3 Å². The van der Waals surface area contributed by atoms with Crippen LogP contribution < -0.4 is 4.74 Å². The SMILES string of the molecule is CC(C)C(=O)N1CCO[C@H](COc2ccc(F)cc2)C1. The summed E-state index contributed by atoms with van der Waals surface area (Å²) in [6, 6.07) is 5.86. The predicted molar refractivity (Wildman–Crippen MR) is 73.1 cm³/mol. The molecule has 0 radical (unpaired) electrons. The highest BCUT2D eigenvalue weighted by Crippen LogP contribution is 2.14. The summed E-state index contributed by atoms with van der Waals surface area (Å²) in [4.78, 5) is 13.8. The molecule has 0 spiro atoms. The van der Waals surface area contributed by atoms with Gasteiger partial charge in [0.25, 0.3) is 0 Å². The highest BCUT2D eigenvalue weighted by Gasteiger charge is 2.25. The molecule has 1 heterocycles. The van der Waals surface area contributed by atoms with Crippen LogP contribution in [0.25, 0.3) is 0 Å². The molecule has 4 nitrogen and oxygen atoms in total. The molecule has 0 aliphatic carbocycles. The van der Waals surface area contributed by atoms with E-state index in [1.807, 2.05) is 18.7 Å². The normalized spacial score (nSPS) is 19.2. The first-order chi connectivity index (χ1) is 9.56. The van der Waals surface area contributed by atoms with Gasteiger partial charge in [0.15, 0.2) is 0 Å². The summed E-state index contributed by atoms with van der Waals surface area (Å²) in [6.45, 7) is 5.83. The first kappa shape index (κ1) is 14.8. The van der Waals surface area contributed by atoms with Crippen molar-refractivity contribution in [2.75, 3.05) is 26.3 Å². The van der Waals surface area contributed by atoms with Crippen molar-refractivity contribution in [1.82, 2.24) is 4.90 Å². The fraction of sp³-hybridized carbons (Fsp3) is 0.533. The lowest BCUT2D eigenvalue weighted by Crippen LogP contribution is -2.48. The fourth-order valence-electron chi connectivity index (χ4n) is 2.11. The Bertz CT molecular complexity index is 447. The van der Waals surface area contributed by atoms with E-state index in [0.29, 0.717) is 32.1 Å². The number of benzene rings is 1. The van der Waals surface area contributed by atoms with Crippen molar-refractivity contribution >= 4 is 5.91 Å². The van der Waals surface area contributed by atoms with Crippen molar-refractivity contribution in [3.8, 4) is 5.75 Å². The number of morpholine rings is 1. The third-order valence-electron chi connectivity index (χ3n) is 3.19. The maximum atomic E-state index is 12.8. The van der Waals surface area contributed by atoms with Crippen molar-refractivity contribution in [1.29, 1.82) is 0 Å². The molecule has 1 aromatic carbocycles. The molecule has 1 saturated heterocycles. The van der Waals surface area contributed by atoms with E-state index < -0.39 is 0 Å². The van der Waals surface area contributed by atoms with E-state index in [1.54, 1.807) is 12.1 Å². The van der Waals surface area contributed by atoms with Gasteiger partial charge in [-0.15, -0.1) is 0 Å². The third kappa shape index (κ3) is 3.93. The van der Waals surface area contributed by atoms with E-state index in [2.05, 4.69) is 0 Å². The smallest absolute Gasteiger partial charge is 0.225 e. The molecule has 1 aromatic rings. The van der Waals surface area contributed by atoms with Crippen LogP contribution in [0.1, 0.15) is 13.8 Å². The van der Waals surface area contributed by atoms with Crippen molar-refractivity contribution in [3.63, 3.8) is 0 Å². The summed E-state index contributed by atoms with van der Waals surface area (Å²) in [5, 5.41) is 0. The predicted octanol–water partition coefficient (Wildman–Crippen LogP) is 2.09. The summed E-state index contributed by atoms with van der Waals surface area (Å²) >= 11 is 0. The molecular weight excluding hydrogens is 261 g/mol. The van der Waals surface area contributed by atoms with Crippen LogP contribution in [0.3, 0.4) is 0 Å². The zero-order valence-corrected chi connectivity index (χ0v) is 11.8. The maximum Gasteiger partial charge on any atom is 0.225 e. The molecule has 0 aromatic heterocycles. The van der Waals surface area contributed by atoms with Crippen molar-refractivity contribution in [2.45, 2.75) is 20.0 Å². The molecule has 1 fully saturated rings. The zero-order chi connectivity index (χ0) is 14.5. The average molecular weight is 281 g/mol. The van der Waals surface area contributed by atoms with Gasteiger partial charge < -0.3 is 14.4 Å². The lowest BCUT2D eigenvalue weighted by molar-refractivity contribution is -0.143. The van der Waals surface area contributed by atoms with E-state index in [0.717, 1.165) is 0 Å². The Morgan fingerprint density at radius 3 is 2.80 bits per heavy atom. The molecule has 5 heteroatoms. The Labute approximate surface area is 118 Å². The summed E-state index contributed by atoms with van der Waals surface area (Å²) in [7, 11) is 0. The minimum Gasteiger partial charge on any atom is -0.491 e. The molecule has 1 aliphatic heterocycles. The number of carbonyl (C=O) groups excluding carboxylic acids is 1. The van der Waals surface area contributed by atoms with Gasteiger partial charge in [-0.1, -0.05) is 13.8 Å². The Hall–Kier alpha value is -1.62. The molecule has 0 N–H and O–H groups in total. The van der Waals surface area contributed by atoms with Gasteiger partial charge in [-0.2, -0.15) is 0 Å². The standard InChI is InChI=1S/C15H20FNO3/c1-11(2)15(18)17-7-8-19-14(9-17)10-20-13-5-3-12(16)4-6-13/h3-6,11,14H,7-10H2,1-2H3/t14-/m0/s1. The summed E-state index contributed by atoms with van der Waals surface area (Å²) in [5.41, 5.74) is 0. The van der Waals surface area contributed by atoms with Crippen LogP contribution in [-0.4, -0.2) is 43.2 Å². The minimum absolute atomic E-state index is 0.00762. The number of carbonyl (C=O) groups is 1. The quantitative estimate of drug-likeness (QED) is 0.848. The van der Waals surface area contributed by atoms with E-state index in [9.17, 15) is 9.18 Å². The number of halogens is 1. The Morgan fingerprint density at radius 1 is 1.45 bits per heavy atom. The first-order valence-electron chi connectivity index (χ1n) is 6.85. The van der Waals surface area contributed by atoms with Gasteiger partial charge in [-0.25, -0.2) is 4.39 Å². The number of nitrogens with zero attached hydrogens (tertiary/aromatic N) is 1. The summed E-state index contributed by atoms with van der Waals surface area (Å²) in [6.07, 6.45) is -0.142. The van der Waals surface area contributed by atoms with Crippen LogP contribution >= 0.6 is 0 Å². The average Bonchev–Trinajstić information content (AvgIpc) is 2.46. The molecule has 0 bridgehead atoms. The lowest BCUT2D eigenvalue weighted by atomic mass is 10.1. The van der Waals surface area contributed by atoms with Gasteiger partial charge in [0.2, 0.25) is 5.91 Å². The van der Waals surface area contributed by atoms with Crippen molar-refractivity contribution in [2.24, 2.45) is 5.92 Å². The molecule has 1 aliphatic rings. The monoisotopic (exact) mass is 281 g/mol. The Balaban J connectivity index is 1.84. The van der Waals surface area contributed by atoms with Crippen LogP contribution in [0.2, 0.25) is 0 Å². The zero-order valence-electron chi connectivity index (χ0n) is 11.8. The van der Waals surface area contributed by atoms with E-state index >= 15 is 0 Å². The topological polar surface area (TPSA) is 38.8 Å². The van der Waals surface area contributed by atoms with Gasteiger partial charge in [-0.05, 0) is 24.3 Å². The fourth-order valence-corrected chi connectivity index (χ4v) is 2.11. The van der Waals surface area contributed by atoms with Crippen LogP contribution in [0, 0.1) is 11.7 Å². The van der Waals surface area contributed by atoms with Crippen molar-refractivity contribution < 1.29 is 18.7 Å². The molecule has 1 atom stereocenters. The number of rotatable bonds is 4. The van der Waals surface area contributed by atoms with Gasteiger partial charge >= 0.3 is 0 Å². The van der Waals surface area contributed by atoms with Gasteiger partial charge in [-0.3, -0.25) is 4.79 Å². The lowest BCUT2D eigenvalue weighted by Gasteiger charge is -2.33. The third-order valence-corrected chi connectivity index (χ3v) is 3.19. The summed E-state index contributed by atoms with van der Waals surface area (Å²) in [5.74, 6) is 0.439. The Kier molecular flexibility index (Phi) is 4.95. The highest BCUT2D eigenvalue weighted by atomic mass is 19.1. The number of hydrogen-bond acceptors (Lipinski definition) is 3. The molecule has 20 heavy (non-hydrogen) atoms.